The molecule has 7 atom stereocenters. The highest BCUT2D eigenvalue weighted by Crippen LogP contribution is 2.57. The average Bonchev–Trinajstić information content (AvgIpc) is 2.69. The first-order valence-electron chi connectivity index (χ1n) is 9.43. The van der Waals surface area contributed by atoms with E-state index in [1.807, 2.05) is 0 Å². The molecule has 5 N–H and O–H groups in total. The van der Waals surface area contributed by atoms with Gasteiger partial charge in [-0.25, -0.2) is 9.59 Å². The molecule has 7 unspecified atom stereocenters. The second-order valence-electron chi connectivity index (χ2n) is 8.24. The minimum atomic E-state index is -1.70. The minimum Gasteiger partial charge on any atom is -0.466 e. The summed E-state index contributed by atoms with van der Waals surface area (Å²) in [6.07, 6.45) is -3.35. The van der Waals surface area contributed by atoms with Crippen LogP contribution < -0.4 is 0 Å². The lowest BCUT2D eigenvalue weighted by Crippen LogP contribution is -2.68. The van der Waals surface area contributed by atoms with Gasteiger partial charge >= 0.3 is 11.9 Å². The summed E-state index contributed by atoms with van der Waals surface area (Å²) in [6.45, 7) is 7.42. The Morgan fingerprint density at radius 1 is 1.17 bits per heavy atom. The van der Waals surface area contributed by atoms with Gasteiger partial charge in [0.25, 0.3) is 0 Å². The van der Waals surface area contributed by atoms with Crippen LogP contribution in [0.15, 0.2) is 24.3 Å². The number of fused-ring (bicyclic) bond motifs is 1. The number of ether oxygens (including phenoxy) is 2. The number of carbonyl (C=O) groups excluding carboxylic acids is 2. The summed E-state index contributed by atoms with van der Waals surface area (Å²) >= 11 is 0. The van der Waals surface area contributed by atoms with E-state index >= 15 is 0 Å². The molecule has 0 aromatic rings. The Morgan fingerprint density at radius 3 is 2.31 bits per heavy atom. The lowest BCUT2D eigenvalue weighted by atomic mass is 9.49. The number of hydrogen-bond donors (Lipinski definition) is 5. The monoisotopic (exact) mass is 414 g/mol. The molecule has 2 aliphatic carbocycles. The van der Waals surface area contributed by atoms with E-state index in [0.29, 0.717) is 0 Å². The van der Waals surface area contributed by atoms with Crippen molar-refractivity contribution in [2.24, 2.45) is 17.3 Å². The molecule has 0 heterocycles. The number of rotatable bonds is 6. The molecular formula is C20H30O9. The Morgan fingerprint density at radius 2 is 1.79 bits per heavy atom. The summed E-state index contributed by atoms with van der Waals surface area (Å²) in [5.41, 5.74) is -3.22. The van der Waals surface area contributed by atoms with Gasteiger partial charge in [0.15, 0.2) is 0 Å². The van der Waals surface area contributed by atoms with E-state index in [1.165, 1.54) is 0 Å². The number of esters is 2. The van der Waals surface area contributed by atoms with Crippen molar-refractivity contribution in [1.82, 2.24) is 0 Å². The fourth-order valence-corrected chi connectivity index (χ4v) is 4.93. The Kier molecular flexibility index (Phi) is 6.91. The van der Waals surface area contributed by atoms with Gasteiger partial charge in [-0.05, 0) is 19.3 Å². The van der Waals surface area contributed by atoms with Crippen LogP contribution >= 0.6 is 0 Å². The highest BCUT2D eigenvalue weighted by molar-refractivity contribution is 5.89. The normalized spacial score (nSPS) is 39.2. The number of methoxy groups -OCH3 is 1. The molecule has 0 radical (unpaired) electrons. The molecule has 0 amide bonds. The first-order valence-corrected chi connectivity index (χ1v) is 9.43. The van der Waals surface area contributed by atoms with Gasteiger partial charge in [-0.1, -0.05) is 20.1 Å². The van der Waals surface area contributed by atoms with E-state index in [9.17, 15) is 30.0 Å². The van der Waals surface area contributed by atoms with Crippen LogP contribution in [-0.2, 0) is 19.1 Å². The van der Waals surface area contributed by atoms with Gasteiger partial charge in [0.1, 0.15) is 6.10 Å². The van der Waals surface area contributed by atoms with Crippen molar-refractivity contribution in [3.63, 3.8) is 0 Å². The second kappa shape index (κ2) is 8.53. The number of carbonyl (C=O) groups is 2. The average molecular weight is 414 g/mol. The third kappa shape index (κ3) is 3.97. The van der Waals surface area contributed by atoms with Crippen LogP contribution in [0.4, 0.5) is 0 Å². The molecule has 0 bridgehead atoms. The van der Waals surface area contributed by atoms with E-state index in [-0.39, 0.29) is 30.4 Å². The Labute approximate surface area is 169 Å². The maximum Gasteiger partial charge on any atom is 0.336 e. The van der Waals surface area contributed by atoms with Crippen molar-refractivity contribution in [2.75, 3.05) is 20.3 Å². The Bertz CT molecular complexity index is 689. The minimum absolute atomic E-state index is 0.0245. The zero-order valence-corrected chi connectivity index (χ0v) is 16.7. The van der Waals surface area contributed by atoms with Crippen molar-refractivity contribution in [3.8, 4) is 0 Å². The Hall–Kier alpha value is -1.78. The van der Waals surface area contributed by atoms with Crippen LogP contribution in [0.25, 0.3) is 0 Å². The third-order valence-corrected chi connectivity index (χ3v) is 6.51. The zero-order valence-electron chi connectivity index (χ0n) is 16.7. The van der Waals surface area contributed by atoms with Gasteiger partial charge in [0.2, 0.25) is 0 Å². The Balaban J connectivity index is 2.52. The molecule has 164 valence electrons. The molecule has 9 nitrogen and oxygen atoms in total. The van der Waals surface area contributed by atoms with E-state index in [4.69, 9.17) is 9.84 Å². The summed E-state index contributed by atoms with van der Waals surface area (Å²) in [6, 6.07) is 0. The number of hydrogen-bond acceptors (Lipinski definition) is 9. The molecule has 9 heteroatoms. The largest absolute Gasteiger partial charge is 0.466 e. The highest BCUT2D eigenvalue weighted by Gasteiger charge is 2.64. The molecule has 2 rings (SSSR count). The lowest BCUT2D eigenvalue weighted by molar-refractivity contribution is -0.249. The molecular weight excluding hydrogens is 384 g/mol. The second-order valence-corrected chi connectivity index (χ2v) is 8.24. The quantitative estimate of drug-likeness (QED) is 0.274. The van der Waals surface area contributed by atoms with Gasteiger partial charge in [0, 0.05) is 16.9 Å². The first kappa shape index (κ1) is 23.5. The third-order valence-electron chi connectivity index (χ3n) is 6.51. The van der Waals surface area contributed by atoms with Gasteiger partial charge in [-0.2, -0.15) is 0 Å². The first-order chi connectivity index (χ1) is 13.5. The van der Waals surface area contributed by atoms with Crippen LogP contribution in [-0.4, -0.2) is 81.7 Å². The molecule has 0 saturated heterocycles. The maximum atomic E-state index is 12.2. The standard InChI is InChI=1S/C20H30O9/c1-10(8-21)17(25)29-12-7-19(3)13(23)5-6-20(27,9-22)16(19)15(24)14(12)11(2)18(26)28-4/h12-16,21-24,27H,1-2,5-9H2,3-4H3. The van der Waals surface area contributed by atoms with Gasteiger partial charge < -0.3 is 35.0 Å². The smallest absolute Gasteiger partial charge is 0.336 e. The van der Waals surface area contributed by atoms with Crippen molar-refractivity contribution in [3.05, 3.63) is 24.3 Å². The summed E-state index contributed by atoms with van der Waals surface area (Å²) < 4.78 is 10.1. The van der Waals surface area contributed by atoms with Gasteiger partial charge in [-0.15, -0.1) is 0 Å². The van der Waals surface area contributed by atoms with Crippen molar-refractivity contribution in [2.45, 2.75) is 50.1 Å². The highest BCUT2D eigenvalue weighted by atomic mass is 16.5. The van der Waals surface area contributed by atoms with Crippen LogP contribution in [0, 0.1) is 17.3 Å². The molecule has 2 fully saturated rings. The fraction of sp³-hybridized carbons (Fsp3) is 0.700. The van der Waals surface area contributed by atoms with Crippen LogP contribution in [0.5, 0.6) is 0 Å². The fourth-order valence-electron chi connectivity index (χ4n) is 4.93. The lowest BCUT2D eigenvalue weighted by Gasteiger charge is -2.60. The SMILES string of the molecule is C=C(CO)C(=O)OC1CC2(C)C(O)CCC(O)(CO)C2C(O)C1C(=C)C(=O)OC. The van der Waals surface area contributed by atoms with E-state index in [2.05, 4.69) is 17.9 Å². The van der Waals surface area contributed by atoms with E-state index in [0.717, 1.165) is 7.11 Å². The van der Waals surface area contributed by atoms with Crippen LogP contribution in [0.3, 0.4) is 0 Å². The predicted octanol–water partition coefficient (Wildman–Crippen LogP) is -0.943. The summed E-state index contributed by atoms with van der Waals surface area (Å²) in [4.78, 5) is 24.3. The molecule has 2 saturated carbocycles. The van der Waals surface area contributed by atoms with Crippen LogP contribution in [0.1, 0.15) is 26.2 Å². The number of aliphatic hydroxyl groups excluding tert-OH is 4. The molecule has 0 aliphatic heterocycles. The topological polar surface area (TPSA) is 154 Å². The number of aliphatic hydroxyl groups is 5. The summed E-state index contributed by atoms with van der Waals surface area (Å²) in [7, 11) is 1.13. The van der Waals surface area contributed by atoms with E-state index < -0.39 is 66.3 Å². The molecule has 2 aliphatic rings. The van der Waals surface area contributed by atoms with Crippen molar-refractivity contribution in [1.29, 1.82) is 0 Å². The summed E-state index contributed by atoms with van der Waals surface area (Å²) in [5, 5.41) is 51.8. The molecule has 29 heavy (non-hydrogen) atoms. The van der Waals surface area contributed by atoms with Crippen molar-refractivity contribution >= 4 is 11.9 Å². The summed E-state index contributed by atoms with van der Waals surface area (Å²) in [5.74, 6) is -3.92. The molecule has 0 spiro atoms. The zero-order chi connectivity index (χ0) is 22.1. The van der Waals surface area contributed by atoms with Gasteiger partial charge in [-0.3, -0.25) is 0 Å². The molecule has 0 aromatic heterocycles. The maximum absolute atomic E-state index is 12.2. The van der Waals surface area contributed by atoms with E-state index in [1.54, 1.807) is 6.92 Å². The van der Waals surface area contributed by atoms with Crippen LogP contribution in [0.2, 0.25) is 0 Å². The molecule has 0 aromatic carbocycles. The van der Waals surface area contributed by atoms with Crippen molar-refractivity contribution < 1.29 is 44.6 Å². The predicted molar refractivity (Wildman–Crippen MR) is 100 cm³/mol. The van der Waals surface area contributed by atoms with Gasteiger partial charge in [0.05, 0.1) is 49.6 Å².